The zero-order valence-corrected chi connectivity index (χ0v) is 14.4. The predicted octanol–water partition coefficient (Wildman–Crippen LogP) is 1.36. The number of likely N-dealkylation sites (tertiary alicyclic amines) is 1. The number of hydrogen-bond acceptors (Lipinski definition) is 5. The number of nitrogens with zero attached hydrogens (tertiary/aromatic N) is 1. The van der Waals surface area contributed by atoms with Crippen LogP contribution in [0.2, 0.25) is 0 Å². The molecule has 1 heterocycles. The van der Waals surface area contributed by atoms with Crippen molar-refractivity contribution in [3.05, 3.63) is 0 Å². The molecule has 0 unspecified atom stereocenters. The highest BCUT2D eigenvalue weighted by Crippen LogP contribution is 2.20. The molecule has 0 radical (unpaired) electrons. The third-order valence-electron chi connectivity index (χ3n) is 4.31. The first kappa shape index (κ1) is 19.2. The van der Waals surface area contributed by atoms with E-state index in [0.717, 1.165) is 19.4 Å². The number of aliphatic hydroxyl groups excluding tert-OH is 2. The first-order valence-corrected chi connectivity index (χ1v) is 8.20. The SMILES string of the molecule is CCC(CO)(CO)NCC1CCN(C(=O)OC(C)(C)C)CC1. The van der Waals surface area contributed by atoms with E-state index in [1.54, 1.807) is 4.90 Å². The van der Waals surface area contributed by atoms with Crippen LogP contribution in [-0.4, -0.2) is 65.2 Å². The molecule has 6 heteroatoms. The van der Waals surface area contributed by atoms with E-state index in [4.69, 9.17) is 4.74 Å². The highest BCUT2D eigenvalue weighted by atomic mass is 16.6. The van der Waals surface area contributed by atoms with Crippen molar-refractivity contribution in [3.8, 4) is 0 Å². The van der Waals surface area contributed by atoms with Crippen LogP contribution in [0.4, 0.5) is 4.79 Å². The third-order valence-corrected chi connectivity index (χ3v) is 4.31. The number of carbonyl (C=O) groups excluding carboxylic acids is 1. The Morgan fingerprint density at radius 2 is 1.77 bits per heavy atom. The molecule has 0 aliphatic carbocycles. The lowest BCUT2D eigenvalue weighted by Gasteiger charge is -2.36. The van der Waals surface area contributed by atoms with Gasteiger partial charge >= 0.3 is 6.09 Å². The van der Waals surface area contributed by atoms with E-state index >= 15 is 0 Å². The van der Waals surface area contributed by atoms with Crippen LogP contribution in [0.3, 0.4) is 0 Å². The monoisotopic (exact) mass is 316 g/mol. The number of piperidine rings is 1. The molecule has 1 aliphatic rings. The Kier molecular flexibility index (Phi) is 7.09. The third kappa shape index (κ3) is 5.74. The van der Waals surface area contributed by atoms with Crippen molar-refractivity contribution in [2.75, 3.05) is 32.8 Å². The van der Waals surface area contributed by atoms with Gasteiger partial charge in [-0.15, -0.1) is 0 Å². The Hall–Kier alpha value is -0.850. The maximum Gasteiger partial charge on any atom is 0.410 e. The molecule has 0 saturated carbocycles. The average Bonchev–Trinajstić information content (AvgIpc) is 2.48. The number of aliphatic hydroxyl groups is 2. The number of ether oxygens (including phenoxy) is 1. The summed E-state index contributed by atoms with van der Waals surface area (Å²) in [7, 11) is 0. The van der Waals surface area contributed by atoms with Crippen molar-refractivity contribution in [1.29, 1.82) is 0 Å². The van der Waals surface area contributed by atoms with Crippen LogP contribution in [0.15, 0.2) is 0 Å². The summed E-state index contributed by atoms with van der Waals surface area (Å²) in [6, 6.07) is 0. The molecular formula is C16H32N2O4. The molecule has 0 spiro atoms. The topological polar surface area (TPSA) is 82.0 Å². The van der Waals surface area contributed by atoms with Crippen LogP contribution in [0.5, 0.6) is 0 Å². The summed E-state index contributed by atoms with van der Waals surface area (Å²) >= 11 is 0. The molecular weight excluding hydrogens is 284 g/mol. The molecule has 22 heavy (non-hydrogen) atoms. The lowest BCUT2D eigenvalue weighted by Crippen LogP contribution is -2.53. The lowest BCUT2D eigenvalue weighted by molar-refractivity contribution is 0.0175. The maximum atomic E-state index is 12.0. The Bertz CT molecular complexity index is 334. The molecule has 1 rings (SSSR count). The molecule has 0 aromatic rings. The van der Waals surface area contributed by atoms with Gasteiger partial charge in [0, 0.05) is 13.1 Å². The second kappa shape index (κ2) is 8.13. The number of nitrogens with one attached hydrogen (secondary N) is 1. The minimum absolute atomic E-state index is 0.0727. The number of rotatable bonds is 6. The zero-order valence-electron chi connectivity index (χ0n) is 14.4. The minimum atomic E-state index is -0.595. The van der Waals surface area contributed by atoms with Crippen molar-refractivity contribution >= 4 is 6.09 Å². The summed E-state index contributed by atoms with van der Waals surface area (Å²) in [5.74, 6) is 0.447. The standard InChI is InChI=1S/C16H32N2O4/c1-5-16(11-19,12-20)17-10-13-6-8-18(9-7-13)14(21)22-15(2,3)4/h13,17,19-20H,5-12H2,1-4H3. The van der Waals surface area contributed by atoms with Crippen molar-refractivity contribution < 1.29 is 19.7 Å². The number of carbonyl (C=O) groups is 1. The first-order valence-electron chi connectivity index (χ1n) is 8.20. The second-order valence-corrected chi connectivity index (χ2v) is 7.24. The molecule has 1 amide bonds. The van der Waals surface area contributed by atoms with Gasteiger partial charge in [0.15, 0.2) is 0 Å². The summed E-state index contributed by atoms with van der Waals surface area (Å²) in [5, 5.41) is 22.2. The van der Waals surface area contributed by atoms with Gasteiger partial charge in [-0.05, 0) is 52.5 Å². The van der Waals surface area contributed by atoms with E-state index in [9.17, 15) is 15.0 Å². The molecule has 3 N–H and O–H groups in total. The van der Waals surface area contributed by atoms with Gasteiger partial charge in [-0.3, -0.25) is 0 Å². The van der Waals surface area contributed by atoms with E-state index in [-0.39, 0.29) is 19.3 Å². The zero-order chi connectivity index (χ0) is 16.8. The Balaban J connectivity index is 2.38. The Morgan fingerprint density at radius 1 is 1.23 bits per heavy atom. The van der Waals surface area contributed by atoms with Crippen molar-refractivity contribution in [2.45, 2.75) is 58.1 Å². The predicted molar refractivity (Wildman–Crippen MR) is 85.7 cm³/mol. The largest absolute Gasteiger partial charge is 0.444 e. The van der Waals surface area contributed by atoms with Crippen molar-refractivity contribution in [3.63, 3.8) is 0 Å². The van der Waals surface area contributed by atoms with Crippen molar-refractivity contribution in [2.24, 2.45) is 5.92 Å². The summed E-state index contributed by atoms with van der Waals surface area (Å²) in [5.41, 5.74) is -1.05. The van der Waals surface area contributed by atoms with Crippen LogP contribution in [0.25, 0.3) is 0 Å². The van der Waals surface area contributed by atoms with E-state index in [1.165, 1.54) is 0 Å². The molecule has 1 saturated heterocycles. The Labute approximate surface area is 133 Å². The highest BCUT2D eigenvalue weighted by molar-refractivity contribution is 5.68. The van der Waals surface area contributed by atoms with Gasteiger partial charge < -0.3 is 25.2 Å². The minimum Gasteiger partial charge on any atom is -0.444 e. The van der Waals surface area contributed by atoms with E-state index in [1.807, 2.05) is 27.7 Å². The highest BCUT2D eigenvalue weighted by Gasteiger charge is 2.30. The quantitative estimate of drug-likeness (QED) is 0.689. The summed E-state index contributed by atoms with van der Waals surface area (Å²) < 4.78 is 5.38. The number of hydrogen-bond donors (Lipinski definition) is 3. The van der Waals surface area contributed by atoms with Gasteiger partial charge in [0.05, 0.1) is 18.8 Å². The van der Waals surface area contributed by atoms with Gasteiger partial charge in [0.25, 0.3) is 0 Å². The summed E-state index contributed by atoms with van der Waals surface area (Å²) in [4.78, 5) is 13.8. The molecule has 6 nitrogen and oxygen atoms in total. The summed E-state index contributed by atoms with van der Waals surface area (Å²) in [6.45, 7) is 9.55. The lowest BCUT2D eigenvalue weighted by atomic mass is 9.93. The first-order chi connectivity index (χ1) is 10.2. The van der Waals surface area contributed by atoms with Crippen LogP contribution in [-0.2, 0) is 4.74 Å². The van der Waals surface area contributed by atoms with Crippen LogP contribution in [0, 0.1) is 5.92 Å². The molecule has 0 atom stereocenters. The van der Waals surface area contributed by atoms with E-state index < -0.39 is 11.1 Å². The van der Waals surface area contributed by atoms with Gasteiger partial charge in [-0.1, -0.05) is 6.92 Å². The second-order valence-electron chi connectivity index (χ2n) is 7.24. The molecule has 0 aromatic carbocycles. The Morgan fingerprint density at radius 3 is 2.18 bits per heavy atom. The van der Waals surface area contributed by atoms with Crippen LogP contribution in [0.1, 0.15) is 47.0 Å². The van der Waals surface area contributed by atoms with Gasteiger partial charge in [-0.2, -0.15) is 0 Å². The van der Waals surface area contributed by atoms with Gasteiger partial charge in [-0.25, -0.2) is 4.79 Å². The van der Waals surface area contributed by atoms with Crippen LogP contribution >= 0.6 is 0 Å². The smallest absolute Gasteiger partial charge is 0.410 e. The van der Waals surface area contributed by atoms with E-state index in [0.29, 0.717) is 25.4 Å². The summed E-state index contributed by atoms with van der Waals surface area (Å²) in [6.07, 6.45) is 2.25. The van der Waals surface area contributed by atoms with Gasteiger partial charge in [0.2, 0.25) is 0 Å². The molecule has 0 bridgehead atoms. The molecule has 1 fully saturated rings. The van der Waals surface area contributed by atoms with E-state index in [2.05, 4.69) is 5.32 Å². The van der Waals surface area contributed by atoms with Gasteiger partial charge in [0.1, 0.15) is 5.60 Å². The fourth-order valence-electron chi connectivity index (χ4n) is 2.52. The fourth-order valence-corrected chi connectivity index (χ4v) is 2.52. The average molecular weight is 316 g/mol. The number of amides is 1. The molecule has 0 aromatic heterocycles. The maximum absolute atomic E-state index is 12.0. The molecule has 130 valence electrons. The molecule has 1 aliphatic heterocycles. The van der Waals surface area contributed by atoms with Crippen LogP contribution < -0.4 is 5.32 Å². The normalized spacial score (nSPS) is 17.6. The fraction of sp³-hybridized carbons (Fsp3) is 0.938. The van der Waals surface area contributed by atoms with Crippen molar-refractivity contribution in [1.82, 2.24) is 10.2 Å².